The van der Waals surface area contributed by atoms with Crippen LogP contribution in [0.2, 0.25) is 0 Å². The molecule has 2 amide bonds. The van der Waals surface area contributed by atoms with Gasteiger partial charge in [-0.15, -0.1) is 0 Å². The van der Waals surface area contributed by atoms with Gasteiger partial charge in [0.2, 0.25) is 0 Å². The fourth-order valence-electron chi connectivity index (χ4n) is 4.47. The molecule has 2 aliphatic rings. The van der Waals surface area contributed by atoms with Crippen molar-refractivity contribution < 1.29 is 19.1 Å². The summed E-state index contributed by atoms with van der Waals surface area (Å²) in [5.41, 5.74) is 1.24. The zero-order valence-electron chi connectivity index (χ0n) is 17.0. The SMILES string of the molecule is COc1cc2nc[nH]c(=O)c2cc1O[C@H]1CC[C@@H](N2C(=O)c3ccccc3C2=O)CC1. The number of fused-ring (bicyclic) bond motifs is 2. The molecule has 1 saturated carbocycles. The van der Waals surface area contributed by atoms with Crippen molar-refractivity contribution in [3.05, 3.63) is 64.2 Å². The number of hydrogen-bond donors (Lipinski definition) is 1. The number of amides is 2. The lowest BCUT2D eigenvalue weighted by Crippen LogP contribution is -2.43. The molecule has 5 rings (SSSR count). The van der Waals surface area contributed by atoms with Crippen molar-refractivity contribution in [2.75, 3.05) is 7.11 Å². The summed E-state index contributed by atoms with van der Waals surface area (Å²) in [6, 6.07) is 10.1. The average molecular weight is 419 g/mol. The van der Waals surface area contributed by atoms with Crippen LogP contribution >= 0.6 is 0 Å². The molecule has 2 aromatic carbocycles. The van der Waals surface area contributed by atoms with E-state index in [1.165, 1.54) is 11.2 Å². The molecular weight excluding hydrogens is 398 g/mol. The van der Waals surface area contributed by atoms with E-state index in [0.29, 0.717) is 59.2 Å². The molecule has 31 heavy (non-hydrogen) atoms. The van der Waals surface area contributed by atoms with Gasteiger partial charge in [0.25, 0.3) is 17.4 Å². The molecule has 1 aliphatic carbocycles. The molecule has 1 fully saturated rings. The Kier molecular flexibility index (Phi) is 4.69. The number of carbonyl (C=O) groups excluding carboxylic acids is 2. The normalized spacial score (nSPS) is 20.7. The highest BCUT2D eigenvalue weighted by Gasteiger charge is 2.41. The van der Waals surface area contributed by atoms with Crippen molar-refractivity contribution in [1.82, 2.24) is 14.9 Å². The Labute approximate surface area is 177 Å². The zero-order valence-corrected chi connectivity index (χ0v) is 17.0. The number of benzene rings is 2. The highest BCUT2D eigenvalue weighted by molar-refractivity contribution is 6.21. The third-order valence-corrected chi connectivity index (χ3v) is 6.05. The summed E-state index contributed by atoms with van der Waals surface area (Å²) < 4.78 is 11.6. The molecule has 0 radical (unpaired) electrons. The minimum absolute atomic E-state index is 0.103. The smallest absolute Gasteiger partial charge is 0.261 e. The number of nitrogens with zero attached hydrogens (tertiary/aromatic N) is 2. The summed E-state index contributed by atoms with van der Waals surface area (Å²) in [5, 5.41) is 0.429. The molecule has 1 aromatic heterocycles. The fraction of sp³-hybridized carbons (Fsp3) is 0.304. The van der Waals surface area contributed by atoms with Crippen molar-refractivity contribution in [2.24, 2.45) is 0 Å². The predicted molar refractivity (Wildman–Crippen MR) is 113 cm³/mol. The first-order valence-corrected chi connectivity index (χ1v) is 10.3. The van der Waals surface area contributed by atoms with Gasteiger partial charge in [-0.25, -0.2) is 4.98 Å². The van der Waals surface area contributed by atoms with Crippen molar-refractivity contribution in [1.29, 1.82) is 0 Å². The van der Waals surface area contributed by atoms with Gasteiger partial charge in [-0.3, -0.25) is 19.3 Å². The van der Waals surface area contributed by atoms with Gasteiger partial charge in [0.05, 0.1) is 41.6 Å². The Morgan fingerprint density at radius 2 is 1.65 bits per heavy atom. The lowest BCUT2D eigenvalue weighted by molar-refractivity contribution is 0.0476. The fourth-order valence-corrected chi connectivity index (χ4v) is 4.47. The van der Waals surface area contributed by atoms with Crippen molar-refractivity contribution in [2.45, 2.75) is 37.8 Å². The van der Waals surface area contributed by atoms with Gasteiger partial charge in [0.15, 0.2) is 11.5 Å². The van der Waals surface area contributed by atoms with E-state index in [4.69, 9.17) is 9.47 Å². The predicted octanol–water partition coefficient (Wildman–Crippen LogP) is 2.92. The van der Waals surface area contributed by atoms with E-state index in [0.717, 1.165) is 0 Å². The molecule has 3 aromatic rings. The van der Waals surface area contributed by atoms with Crippen LogP contribution in [-0.4, -0.2) is 45.9 Å². The summed E-state index contributed by atoms with van der Waals surface area (Å²) in [4.78, 5) is 45.7. The molecule has 8 nitrogen and oxygen atoms in total. The van der Waals surface area contributed by atoms with Crippen LogP contribution in [0, 0.1) is 0 Å². The highest BCUT2D eigenvalue weighted by Crippen LogP contribution is 2.36. The van der Waals surface area contributed by atoms with Crippen LogP contribution in [0.5, 0.6) is 11.5 Å². The van der Waals surface area contributed by atoms with Crippen LogP contribution in [0.15, 0.2) is 47.5 Å². The topological polar surface area (TPSA) is 102 Å². The quantitative estimate of drug-likeness (QED) is 0.653. The molecule has 0 atom stereocenters. The first-order valence-electron chi connectivity index (χ1n) is 10.3. The molecule has 158 valence electrons. The van der Waals surface area contributed by atoms with E-state index in [1.54, 1.807) is 43.5 Å². The third kappa shape index (κ3) is 3.24. The van der Waals surface area contributed by atoms with Gasteiger partial charge < -0.3 is 14.5 Å². The number of imide groups is 1. The maximum atomic E-state index is 12.7. The third-order valence-electron chi connectivity index (χ3n) is 6.05. The van der Waals surface area contributed by atoms with E-state index in [1.807, 2.05) is 0 Å². The number of H-pyrrole nitrogens is 1. The molecular formula is C23H21N3O5. The van der Waals surface area contributed by atoms with E-state index in [9.17, 15) is 14.4 Å². The number of hydrogen-bond acceptors (Lipinski definition) is 6. The molecule has 1 N–H and O–H groups in total. The van der Waals surface area contributed by atoms with Gasteiger partial charge in [-0.2, -0.15) is 0 Å². The van der Waals surface area contributed by atoms with E-state index < -0.39 is 0 Å². The van der Waals surface area contributed by atoms with E-state index >= 15 is 0 Å². The minimum Gasteiger partial charge on any atom is -0.493 e. The Hall–Kier alpha value is -3.68. The number of ether oxygens (including phenoxy) is 2. The van der Waals surface area contributed by atoms with Gasteiger partial charge in [0.1, 0.15) is 0 Å². The molecule has 0 spiro atoms. The lowest BCUT2D eigenvalue weighted by Gasteiger charge is -2.33. The number of aromatic nitrogens is 2. The van der Waals surface area contributed by atoms with Gasteiger partial charge in [-0.1, -0.05) is 12.1 Å². The molecule has 8 heteroatoms. The number of methoxy groups -OCH3 is 1. The maximum absolute atomic E-state index is 12.7. The largest absolute Gasteiger partial charge is 0.493 e. The molecule has 0 saturated heterocycles. The molecule has 1 aliphatic heterocycles. The van der Waals surface area contributed by atoms with Crippen molar-refractivity contribution >= 4 is 22.7 Å². The molecule has 0 unspecified atom stereocenters. The summed E-state index contributed by atoms with van der Waals surface area (Å²) in [6.45, 7) is 0. The number of carbonyl (C=O) groups is 2. The highest BCUT2D eigenvalue weighted by atomic mass is 16.5. The summed E-state index contributed by atoms with van der Waals surface area (Å²) in [6.07, 6.45) is 3.94. The minimum atomic E-state index is -0.244. The Morgan fingerprint density at radius 1 is 0.968 bits per heavy atom. The van der Waals surface area contributed by atoms with Crippen LogP contribution in [0.4, 0.5) is 0 Å². The van der Waals surface area contributed by atoms with Crippen LogP contribution in [0.1, 0.15) is 46.4 Å². The van der Waals surface area contributed by atoms with E-state index in [-0.39, 0.29) is 29.5 Å². The summed E-state index contributed by atoms with van der Waals surface area (Å²) in [5.74, 6) is 0.562. The van der Waals surface area contributed by atoms with Crippen molar-refractivity contribution in [3.63, 3.8) is 0 Å². The van der Waals surface area contributed by atoms with Crippen LogP contribution in [-0.2, 0) is 0 Å². The average Bonchev–Trinajstić information content (AvgIpc) is 3.05. The first-order chi connectivity index (χ1) is 15.1. The maximum Gasteiger partial charge on any atom is 0.261 e. The van der Waals surface area contributed by atoms with Gasteiger partial charge in [0, 0.05) is 12.1 Å². The van der Waals surface area contributed by atoms with Crippen LogP contribution in [0.3, 0.4) is 0 Å². The number of nitrogens with one attached hydrogen (secondary N) is 1. The number of rotatable bonds is 4. The summed E-state index contributed by atoms with van der Waals surface area (Å²) >= 11 is 0. The zero-order chi connectivity index (χ0) is 21.5. The Balaban J connectivity index is 1.31. The van der Waals surface area contributed by atoms with Crippen molar-refractivity contribution in [3.8, 4) is 11.5 Å². The second kappa shape index (κ2) is 7.54. The second-order valence-corrected chi connectivity index (χ2v) is 7.83. The van der Waals surface area contributed by atoms with E-state index in [2.05, 4.69) is 9.97 Å². The second-order valence-electron chi connectivity index (χ2n) is 7.83. The van der Waals surface area contributed by atoms with Gasteiger partial charge >= 0.3 is 0 Å². The Bertz CT molecular complexity index is 1210. The summed E-state index contributed by atoms with van der Waals surface area (Å²) in [7, 11) is 1.54. The Morgan fingerprint density at radius 3 is 2.29 bits per heavy atom. The molecule has 0 bridgehead atoms. The monoisotopic (exact) mass is 419 g/mol. The van der Waals surface area contributed by atoms with Gasteiger partial charge in [-0.05, 0) is 43.9 Å². The van der Waals surface area contributed by atoms with Crippen LogP contribution in [0.25, 0.3) is 10.9 Å². The van der Waals surface area contributed by atoms with Crippen LogP contribution < -0.4 is 15.0 Å². The number of aromatic amines is 1. The lowest BCUT2D eigenvalue weighted by atomic mass is 9.91. The first kappa shape index (κ1) is 19.3. The molecule has 2 heterocycles. The standard InChI is InChI=1S/C23H21N3O5/c1-30-19-11-18-17(21(27)25-12-24-18)10-20(19)31-14-8-6-13(7-9-14)26-22(28)15-4-2-3-5-16(15)23(26)29/h2-5,10-14H,6-9H2,1H3,(H,24,25,27)/t13-,14+.